The lowest BCUT2D eigenvalue weighted by molar-refractivity contribution is 0.0657. The van der Waals surface area contributed by atoms with E-state index < -0.39 is 0 Å². The number of aliphatic imine (C=N–C) groups is 1. The van der Waals surface area contributed by atoms with E-state index in [0.717, 1.165) is 17.3 Å². The van der Waals surface area contributed by atoms with Crippen LogP contribution in [0.5, 0.6) is 5.75 Å². The molecule has 1 amide bonds. The van der Waals surface area contributed by atoms with Crippen LogP contribution in [0.3, 0.4) is 0 Å². The van der Waals surface area contributed by atoms with Crippen LogP contribution < -0.4 is 10.1 Å². The van der Waals surface area contributed by atoms with Crippen LogP contribution in [0.25, 0.3) is 0 Å². The number of nitrogens with one attached hydrogen (secondary N) is 1. The molecule has 0 unspecified atom stereocenters. The number of carbonyl (C=O) groups excluding carboxylic acids is 1. The Kier molecular flexibility index (Phi) is 9.95. The van der Waals surface area contributed by atoms with Gasteiger partial charge in [-0.1, -0.05) is 12.1 Å². The highest BCUT2D eigenvalue weighted by Crippen LogP contribution is 2.14. The van der Waals surface area contributed by atoms with Gasteiger partial charge in [0.15, 0.2) is 11.7 Å². The topological polar surface area (TPSA) is 79.5 Å². The number of amides is 1. The molecule has 1 aromatic heterocycles. The van der Waals surface area contributed by atoms with E-state index in [0.29, 0.717) is 51.7 Å². The van der Waals surface area contributed by atoms with Crippen molar-refractivity contribution in [1.82, 2.24) is 15.1 Å². The van der Waals surface area contributed by atoms with Crippen molar-refractivity contribution >= 4 is 35.8 Å². The third-order valence-corrected chi connectivity index (χ3v) is 4.72. The number of hydrogen-bond donors (Lipinski definition) is 1. The second-order valence-corrected chi connectivity index (χ2v) is 6.65. The zero-order valence-corrected chi connectivity index (χ0v) is 19.7. The third-order valence-electron chi connectivity index (χ3n) is 4.72. The molecule has 1 aliphatic heterocycles. The van der Waals surface area contributed by atoms with E-state index in [-0.39, 0.29) is 29.9 Å². The summed E-state index contributed by atoms with van der Waals surface area (Å²) in [4.78, 5) is 20.7. The van der Waals surface area contributed by atoms with Crippen LogP contribution in [0.2, 0.25) is 0 Å². The average molecular weight is 528 g/mol. The highest BCUT2D eigenvalue weighted by Gasteiger charge is 2.25. The normalized spacial score (nSPS) is 14.3. The van der Waals surface area contributed by atoms with E-state index >= 15 is 0 Å². The number of nitrogens with zero attached hydrogens (tertiary/aromatic N) is 3. The monoisotopic (exact) mass is 528 g/mol. The molecule has 1 saturated heterocycles. The first kappa shape index (κ1) is 24.0. The zero-order valence-electron chi connectivity index (χ0n) is 17.4. The molecular formula is C21H29IN4O4. The minimum Gasteiger partial charge on any atom is -0.491 e. The maximum Gasteiger partial charge on any atom is 0.289 e. The van der Waals surface area contributed by atoms with Crippen molar-refractivity contribution in [2.24, 2.45) is 4.99 Å². The minimum absolute atomic E-state index is 0. The van der Waals surface area contributed by atoms with Crippen molar-refractivity contribution in [3.63, 3.8) is 0 Å². The summed E-state index contributed by atoms with van der Waals surface area (Å²) in [7, 11) is 3.43. The molecule has 0 radical (unpaired) electrons. The SMILES string of the molecule is CN=C(NCc1cccc(OCCOC)c1)N1CCN(C(=O)c2ccco2)CC1.I. The van der Waals surface area contributed by atoms with Crippen molar-refractivity contribution in [3.05, 3.63) is 54.0 Å². The molecule has 0 spiro atoms. The number of benzene rings is 1. The summed E-state index contributed by atoms with van der Waals surface area (Å²) in [6, 6.07) is 11.4. The van der Waals surface area contributed by atoms with E-state index in [9.17, 15) is 4.79 Å². The van der Waals surface area contributed by atoms with Crippen LogP contribution in [0, 0.1) is 0 Å². The van der Waals surface area contributed by atoms with Crippen LogP contribution in [0.4, 0.5) is 0 Å². The van der Waals surface area contributed by atoms with E-state index in [1.54, 1.807) is 26.3 Å². The highest BCUT2D eigenvalue weighted by atomic mass is 127. The molecule has 1 aliphatic rings. The summed E-state index contributed by atoms with van der Waals surface area (Å²) in [6.07, 6.45) is 1.52. The Morgan fingerprint density at radius 3 is 2.57 bits per heavy atom. The molecule has 0 atom stereocenters. The first-order chi connectivity index (χ1) is 14.2. The molecule has 3 rings (SSSR count). The molecule has 2 heterocycles. The number of ether oxygens (including phenoxy) is 2. The van der Waals surface area contributed by atoms with Gasteiger partial charge in [-0.25, -0.2) is 0 Å². The van der Waals surface area contributed by atoms with Gasteiger partial charge in [-0.15, -0.1) is 24.0 Å². The predicted octanol–water partition coefficient (Wildman–Crippen LogP) is 2.46. The van der Waals surface area contributed by atoms with Gasteiger partial charge in [-0.05, 0) is 29.8 Å². The summed E-state index contributed by atoms with van der Waals surface area (Å²) in [6.45, 7) is 4.41. The summed E-state index contributed by atoms with van der Waals surface area (Å²) in [5, 5.41) is 3.40. The number of carbonyl (C=O) groups is 1. The lowest BCUT2D eigenvalue weighted by atomic mass is 10.2. The maximum absolute atomic E-state index is 12.4. The van der Waals surface area contributed by atoms with Crippen LogP contribution in [-0.2, 0) is 11.3 Å². The number of piperazine rings is 1. The molecule has 164 valence electrons. The minimum atomic E-state index is -0.0668. The van der Waals surface area contributed by atoms with Crippen LogP contribution in [-0.4, -0.2) is 75.2 Å². The summed E-state index contributed by atoms with van der Waals surface area (Å²) in [5.41, 5.74) is 1.10. The van der Waals surface area contributed by atoms with Gasteiger partial charge in [-0.3, -0.25) is 9.79 Å². The molecule has 1 N–H and O–H groups in total. The van der Waals surface area contributed by atoms with Crippen LogP contribution in [0.15, 0.2) is 52.1 Å². The molecular weight excluding hydrogens is 499 g/mol. The zero-order chi connectivity index (χ0) is 20.5. The number of rotatable bonds is 7. The lowest BCUT2D eigenvalue weighted by Gasteiger charge is -2.36. The predicted molar refractivity (Wildman–Crippen MR) is 126 cm³/mol. The van der Waals surface area contributed by atoms with Crippen molar-refractivity contribution < 1.29 is 18.7 Å². The largest absolute Gasteiger partial charge is 0.491 e. The molecule has 0 aliphatic carbocycles. The molecule has 9 heteroatoms. The van der Waals surface area contributed by atoms with Gasteiger partial charge in [0, 0.05) is 46.9 Å². The van der Waals surface area contributed by atoms with E-state index in [1.807, 2.05) is 29.2 Å². The fraction of sp³-hybridized carbons (Fsp3) is 0.429. The summed E-state index contributed by atoms with van der Waals surface area (Å²) in [5.74, 6) is 1.96. The fourth-order valence-electron chi connectivity index (χ4n) is 3.18. The second kappa shape index (κ2) is 12.4. The Hall–Kier alpha value is -2.27. The van der Waals surface area contributed by atoms with Crippen molar-refractivity contribution in [2.75, 3.05) is 53.6 Å². The Bertz CT molecular complexity index is 805. The Balaban J connectivity index is 0.00000320. The average Bonchev–Trinajstić information content (AvgIpc) is 3.30. The molecule has 1 aromatic carbocycles. The Labute approximate surface area is 194 Å². The maximum atomic E-state index is 12.4. The van der Waals surface area contributed by atoms with Crippen LogP contribution >= 0.6 is 24.0 Å². The first-order valence-electron chi connectivity index (χ1n) is 9.70. The summed E-state index contributed by atoms with van der Waals surface area (Å²) >= 11 is 0. The number of guanidine groups is 1. The molecule has 2 aromatic rings. The molecule has 30 heavy (non-hydrogen) atoms. The fourth-order valence-corrected chi connectivity index (χ4v) is 3.18. The molecule has 8 nitrogen and oxygen atoms in total. The number of hydrogen-bond acceptors (Lipinski definition) is 5. The number of methoxy groups -OCH3 is 1. The van der Waals surface area contributed by atoms with Crippen molar-refractivity contribution in [2.45, 2.75) is 6.54 Å². The quantitative estimate of drug-likeness (QED) is 0.258. The first-order valence-corrected chi connectivity index (χ1v) is 9.70. The smallest absolute Gasteiger partial charge is 0.289 e. The third kappa shape index (κ3) is 6.63. The van der Waals surface area contributed by atoms with Gasteiger partial charge in [0.1, 0.15) is 12.4 Å². The lowest BCUT2D eigenvalue weighted by Crippen LogP contribution is -2.53. The van der Waals surface area contributed by atoms with Gasteiger partial charge in [0.2, 0.25) is 0 Å². The van der Waals surface area contributed by atoms with Gasteiger partial charge in [0.05, 0.1) is 12.9 Å². The van der Waals surface area contributed by atoms with Crippen molar-refractivity contribution in [3.8, 4) is 5.75 Å². The van der Waals surface area contributed by atoms with Gasteiger partial charge in [0.25, 0.3) is 5.91 Å². The second-order valence-electron chi connectivity index (χ2n) is 6.65. The van der Waals surface area contributed by atoms with Crippen LogP contribution in [0.1, 0.15) is 16.1 Å². The van der Waals surface area contributed by atoms with Crippen molar-refractivity contribution in [1.29, 1.82) is 0 Å². The van der Waals surface area contributed by atoms with Gasteiger partial charge < -0.3 is 29.0 Å². The standard InChI is InChI=1S/C21H28N4O4.HI/c1-22-21(23-16-17-5-3-6-18(15-17)28-14-13-27-2)25-10-8-24(9-11-25)20(26)19-7-4-12-29-19;/h3-7,12,15H,8-11,13-14,16H2,1-2H3,(H,22,23);1H. The van der Waals surface area contributed by atoms with E-state index in [2.05, 4.69) is 15.2 Å². The van der Waals surface area contributed by atoms with Gasteiger partial charge >= 0.3 is 0 Å². The Morgan fingerprint density at radius 1 is 1.13 bits per heavy atom. The number of furan rings is 1. The van der Waals surface area contributed by atoms with E-state index in [4.69, 9.17) is 13.9 Å². The number of halogens is 1. The molecule has 0 bridgehead atoms. The van der Waals surface area contributed by atoms with E-state index in [1.165, 1.54) is 6.26 Å². The Morgan fingerprint density at radius 2 is 1.90 bits per heavy atom. The molecule has 0 saturated carbocycles. The molecule has 1 fully saturated rings. The van der Waals surface area contributed by atoms with Gasteiger partial charge in [-0.2, -0.15) is 0 Å². The summed E-state index contributed by atoms with van der Waals surface area (Å²) < 4.78 is 15.9. The highest BCUT2D eigenvalue weighted by molar-refractivity contribution is 14.0.